The summed E-state index contributed by atoms with van der Waals surface area (Å²) >= 11 is 0. The molecular weight excluding hydrogens is 269 g/mol. The molecule has 1 N–H and O–H groups in total. The smallest absolute Gasteiger partial charge is 0.370 e. The Bertz CT molecular complexity index is 563. The third kappa shape index (κ3) is 3.72. The van der Waals surface area contributed by atoms with Gasteiger partial charge in [-0.2, -0.15) is 18.3 Å². The van der Waals surface area contributed by atoms with Crippen molar-refractivity contribution in [2.24, 2.45) is 0 Å². The van der Waals surface area contributed by atoms with Crippen LogP contribution in [0.4, 0.5) is 19.0 Å². The molecule has 2 aromatic heterocycles. The van der Waals surface area contributed by atoms with Crippen LogP contribution in [-0.4, -0.2) is 21.3 Å². The second-order valence-corrected chi connectivity index (χ2v) is 4.37. The first-order valence-corrected chi connectivity index (χ1v) is 6.28. The summed E-state index contributed by atoms with van der Waals surface area (Å²) in [6, 6.07) is 4.54. The van der Waals surface area contributed by atoms with E-state index in [4.69, 9.17) is 0 Å². The molecule has 0 aliphatic carbocycles. The van der Waals surface area contributed by atoms with Gasteiger partial charge in [-0.05, 0) is 30.2 Å². The van der Waals surface area contributed by atoms with Crippen LogP contribution in [0.3, 0.4) is 0 Å². The Kier molecular flexibility index (Phi) is 4.26. The van der Waals surface area contributed by atoms with Crippen LogP contribution >= 0.6 is 0 Å². The SMILES string of the molecule is CCCNc1cc(Cn2ccc(C(F)(F)F)n2)ccn1. The van der Waals surface area contributed by atoms with Crippen molar-refractivity contribution in [1.82, 2.24) is 14.8 Å². The van der Waals surface area contributed by atoms with Crippen LogP contribution in [0.5, 0.6) is 0 Å². The highest BCUT2D eigenvalue weighted by atomic mass is 19.4. The van der Waals surface area contributed by atoms with Gasteiger partial charge < -0.3 is 5.32 Å². The van der Waals surface area contributed by atoms with E-state index in [1.54, 1.807) is 12.3 Å². The van der Waals surface area contributed by atoms with Gasteiger partial charge in [0.25, 0.3) is 0 Å². The average Bonchev–Trinajstić information content (AvgIpc) is 2.85. The number of aromatic nitrogens is 3. The Morgan fingerprint density at radius 2 is 2.10 bits per heavy atom. The van der Waals surface area contributed by atoms with Crippen LogP contribution < -0.4 is 5.32 Å². The molecule has 0 unspecified atom stereocenters. The number of anilines is 1. The maximum atomic E-state index is 12.4. The summed E-state index contributed by atoms with van der Waals surface area (Å²) in [5.41, 5.74) is -0.0358. The van der Waals surface area contributed by atoms with Gasteiger partial charge in [-0.3, -0.25) is 4.68 Å². The van der Waals surface area contributed by atoms with Gasteiger partial charge in [-0.15, -0.1) is 0 Å². The fraction of sp³-hybridized carbons (Fsp3) is 0.385. The number of hydrogen-bond acceptors (Lipinski definition) is 3. The first-order chi connectivity index (χ1) is 9.49. The minimum Gasteiger partial charge on any atom is -0.370 e. The highest BCUT2D eigenvalue weighted by molar-refractivity contribution is 5.37. The van der Waals surface area contributed by atoms with Crippen molar-refractivity contribution >= 4 is 5.82 Å². The first-order valence-electron chi connectivity index (χ1n) is 6.28. The van der Waals surface area contributed by atoms with Crippen LogP contribution in [0.2, 0.25) is 0 Å². The molecule has 0 fully saturated rings. The van der Waals surface area contributed by atoms with E-state index in [-0.39, 0.29) is 6.54 Å². The lowest BCUT2D eigenvalue weighted by atomic mass is 10.2. The number of halogens is 3. The first kappa shape index (κ1) is 14.4. The molecule has 20 heavy (non-hydrogen) atoms. The summed E-state index contributed by atoms with van der Waals surface area (Å²) in [5.74, 6) is 0.715. The van der Waals surface area contributed by atoms with Crippen LogP contribution in [0.1, 0.15) is 24.6 Å². The van der Waals surface area contributed by atoms with Gasteiger partial charge in [0.2, 0.25) is 0 Å². The van der Waals surface area contributed by atoms with Gasteiger partial charge in [-0.25, -0.2) is 4.98 Å². The average molecular weight is 284 g/mol. The van der Waals surface area contributed by atoms with Gasteiger partial charge in [0, 0.05) is 18.9 Å². The van der Waals surface area contributed by atoms with E-state index in [0.717, 1.165) is 24.6 Å². The molecule has 0 saturated heterocycles. The Labute approximate surface area is 114 Å². The molecule has 0 amide bonds. The third-order valence-electron chi connectivity index (χ3n) is 2.66. The standard InChI is InChI=1S/C13H15F3N4/c1-2-5-17-12-8-10(3-6-18-12)9-20-7-4-11(19-20)13(14,15)16/h3-4,6-8H,2,5,9H2,1H3,(H,17,18). The van der Waals surface area contributed by atoms with Gasteiger partial charge in [-0.1, -0.05) is 6.92 Å². The van der Waals surface area contributed by atoms with Gasteiger partial charge in [0.05, 0.1) is 6.54 Å². The second kappa shape index (κ2) is 5.94. The number of pyridine rings is 1. The molecule has 4 nitrogen and oxygen atoms in total. The highest BCUT2D eigenvalue weighted by Gasteiger charge is 2.33. The molecule has 108 valence electrons. The monoisotopic (exact) mass is 284 g/mol. The van der Waals surface area contributed by atoms with Gasteiger partial charge in [0.1, 0.15) is 5.82 Å². The maximum Gasteiger partial charge on any atom is 0.435 e. The molecule has 0 radical (unpaired) electrons. The zero-order chi connectivity index (χ0) is 14.6. The van der Waals surface area contributed by atoms with Crippen LogP contribution in [0, 0.1) is 0 Å². The molecule has 7 heteroatoms. The molecule has 0 saturated carbocycles. The quantitative estimate of drug-likeness (QED) is 0.917. The summed E-state index contributed by atoms with van der Waals surface area (Å²) in [5, 5.41) is 6.65. The molecule has 2 aromatic rings. The summed E-state index contributed by atoms with van der Waals surface area (Å²) in [6.07, 6.45) is -0.485. The summed E-state index contributed by atoms with van der Waals surface area (Å²) in [4.78, 5) is 4.14. The molecule has 2 heterocycles. The molecule has 0 aliphatic heterocycles. The lowest BCUT2D eigenvalue weighted by Gasteiger charge is -2.07. The zero-order valence-electron chi connectivity index (χ0n) is 11.0. The van der Waals surface area contributed by atoms with Crippen molar-refractivity contribution in [3.05, 3.63) is 41.9 Å². The van der Waals surface area contributed by atoms with Crippen molar-refractivity contribution in [2.45, 2.75) is 26.1 Å². The third-order valence-corrected chi connectivity index (χ3v) is 2.66. The number of rotatable bonds is 5. The molecule has 2 rings (SSSR count). The Balaban J connectivity index is 2.08. The number of nitrogens with zero attached hydrogens (tertiary/aromatic N) is 3. The summed E-state index contributed by atoms with van der Waals surface area (Å²) in [7, 11) is 0. The minimum atomic E-state index is -4.41. The van der Waals surface area contributed by atoms with Crippen molar-refractivity contribution in [2.75, 3.05) is 11.9 Å². The number of nitrogens with one attached hydrogen (secondary N) is 1. The molecule has 0 spiro atoms. The Hall–Kier alpha value is -2.05. The van der Waals surface area contributed by atoms with E-state index in [2.05, 4.69) is 15.4 Å². The lowest BCUT2D eigenvalue weighted by molar-refractivity contribution is -0.141. The fourth-order valence-electron chi connectivity index (χ4n) is 1.71. The van der Waals surface area contributed by atoms with Crippen LogP contribution in [0.25, 0.3) is 0 Å². The number of hydrogen-bond donors (Lipinski definition) is 1. The number of alkyl halides is 3. The van der Waals surface area contributed by atoms with Gasteiger partial charge in [0.15, 0.2) is 5.69 Å². The van der Waals surface area contributed by atoms with E-state index in [1.165, 1.54) is 10.9 Å². The predicted octanol–water partition coefficient (Wildman–Crippen LogP) is 3.17. The highest BCUT2D eigenvalue weighted by Crippen LogP contribution is 2.27. The van der Waals surface area contributed by atoms with E-state index in [9.17, 15) is 13.2 Å². The zero-order valence-corrected chi connectivity index (χ0v) is 11.0. The van der Waals surface area contributed by atoms with Crippen LogP contribution in [0.15, 0.2) is 30.6 Å². The van der Waals surface area contributed by atoms with E-state index in [0.29, 0.717) is 5.82 Å². The van der Waals surface area contributed by atoms with E-state index < -0.39 is 11.9 Å². The molecule has 0 aliphatic rings. The molecule has 0 atom stereocenters. The van der Waals surface area contributed by atoms with E-state index in [1.807, 2.05) is 13.0 Å². The fourth-order valence-corrected chi connectivity index (χ4v) is 1.71. The van der Waals surface area contributed by atoms with Crippen molar-refractivity contribution in [1.29, 1.82) is 0 Å². The molecule has 0 aromatic carbocycles. The Morgan fingerprint density at radius 3 is 2.75 bits per heavy atom. The topological polar surface area (TPSA) is 42.7 Å². The Morgan fingerprint density at radius 1 is 1.30 bits per heavy atom. The van der Waals surface area contributed by atoms with Gasteiger partial charge >= 0.3 is 6.18 Å². The van der Waals surface area contributed by atoms with E-state index >= 15 is 0 Å². The predicted molar refractivity (Wildman–Crippen MR) is 69.3 cm³/mol. The van der Waals surface area contributed by atoms with Crippen molar-refractivity contribution in [3.8, 4) is 0 Å². The minimum absolute atomic E-state index is 0.277. The summed E-state index contributed by atoms with van der Waals surface area (Å²) < 4.78 is 38.6. The van der Waals surface area contributed by atoms with Crippen LogP contribution in [-0.2, 0) is 12.7 Å². The molecular formula is C13H15F3N4. The maximum absolute atomic E-state index is 12.4. The molecule has 0 bridgehead atoms. The largest absolute Gasteiger partial charge is 0.435 e. The van der Waals surface area contributed by atoms with Crippen molar-refractivity contribution < 1.29 is 13.2 Å². The van der Waals surface area contributed by atoms with Crippen molar-refractivity contribution in [3.63, 3.8) is 0 Å². The second-order valence-electron chi connectivity index (χ2n) is 4.37. The lowest BCUT2D eigenvalue weighted by Crippen LogP contribution is -2.09. The summed E-state index contributed by atoms with van der Waals surface area (Å²) in [6.45, 7) is 3.12. The normalized spacial score (nSPS) is 11.6.